The Balaban J connectivity index is 1.38. The van der Waals surface area contributed by atoms with Crippen LogP contribution in [0.25, 0.3) is 11.1 Å². The molecule has 4 heteroatoms. The molecule has 0 heterocycles. The Morgan fingerprint density at radius 1 is 0.897 bits per heavy atom. The van der Waals surface area contributed by atoms with Crippen molar-refractivity contribution in [1.29, 1.82) is 5.26 Å². The first-order valence-corrected chi connectivity index (χ1v) is 9.84. The van der Waals surface area contributed by atoms with Crippen LogP contribution in [0.5, 0.6) is 0 Å². The van der Waals surface area contributed by atoms with Gasteiger partial charge in [-0.2, -0.15) is 5.26 Å². The maximum atomic E-state index is 12.5. The third kappa shape index (κ3) is 4.00. The number of aryl methyl sites for hydroxylation is 1. The van der Waals surface area contributed by atoms with Gasteiger partial charge in [-0.25, -0.2) is 9.69 Å². The predicted octanol–water partition coefficient (Wildman–Crippen LogP) is 5.35. The molecule has 0 bridgehead atoms. The molecule has 4 nitrogen and oxygen atoms in total. The molecule has 1 aliphatic carbocycles. The molecule has 0 spiro atoms. The first kappa shape index (κ1) is 18.8. The van der Waals surface area contributed by atoms with Crippen molar-refractivity contribution in [3.05, 3.63) is 95.6 Å². The van der Waals surface area contributed by atoms with Gasteiger partial charge in [0.1, 0.15) is 6.61 Å². The highest BCUT2D eigenvalue weighted by Gasteiger charge is 2.29. The normalized spacial score (nSPS) is 12.0. The average molecular weight is 382 g/mol. The van der Waals surface area contributed by atoms with Crippen molar-refractivity contribution < 1.29 is 9.53 Å². The second-order valence-corrected chi connectivity index (χ2v) is 7.14. The van der Waals surface area contributed by atoms with E-state index in [0.29, 0.717) is 13.0 Å². The molecule has 0 N–H and O–H groups in total. The molecular formula is C25H22N2O2. The largest absolute Gasteiger partial charge is 0.448 e. The van der Waals surface area contributed by atoms with Gasteiger partial charge in [0.25, 0.3) is 0 Å². The van der Waals surface area contributed by atoms with E-state index in [9.17, 15) is 10.1 Å². The third-order valence-corrected chi connectivity index (χ3v) is 5.37. The van der Waals surface area contributed by atoms with E-state index in [0.717, 1.165) is 22.4 Å². The van der Waals surface area contributed by atoms with Crippen LogP contribution in [-0.2, 0) is 11.2 Å². The molecule has 0 saturated carbocycles. The molecule has 3 aromatic rings. The number of benzene rings is 3. The quantitative estimate of drug-likeness (QED) is 0.426. The fraction of sp³-hybridized carbons (Fsp3) is 0.200. The smallest absolute Gasteiger partial charge is 0.423 e. The molecule has 1 aliphatic rings. The lowest BCUT2D eigenvalue weighted by Gasteiger charge is -2.17. The van der Waals surface area contributed by atoms with Crippen molar-refractivity contribution in [1.82, 2.24) is 4.90 Å². The Labute approximate surface area is 171 Å². The van der Waals surface area contributed by atoms with Crippen LogP contribution in [0.15, 0.2) is 78.9 Å². The maximum absolute atomic E-state index is 12.5. The highest BCUT2D eigenvalue weighted by Crippen LogP contribution is 2.44. The molecule has 0 aliphatic heterocycles. The molecule has 4 rings (SSSR count). The Morgan fingerprint density at radius 2 is 1.48 bits per heavy atom. The van der Waals surface area contributed by atoms with Gasteiger partial charge in [-0.05, 0) is 40.7 Å². The SMILES string of the molecule is N#CN(CCCc1ccccc1)C(=O)OCC1c2ccccc2-c2ccccc21. The first-order valence-electron chi connectivity index (χ1n) is 9.84. The van der Waals surface area contributed by atoms with Crippen molar-refractivity contribution in [3.8, 4) is 17.3 Å². The van der Waals surface area contributed by atoms with E-state index in [1.807, 2.05) is 60.8 Å². The Bertz CT molecular complexity index is 994. The van der Waals surface area contributed by atoms with E-state index in [2.05, 4.69) is 24.3 Å². The minimum atomic E-state index is -0.581. The number of amides is 1. The number of hydrogen-bond donors (Lipinski definition) is 0. The Hall–Kier alpha value is -3.58. The molecule has 0 atom stereocenters. The van der Waals surface area contributed by atoms with E-state index in [4.69, 9.17) is 4.74 Å². The van der Waals surface area contributed by atoms with Gasteiger partial charge in [-0.15, -0.1) is 0 Å². The van der Waals surface area contributed by atoms with Crippen LogP contribution in [0.1, 0.15) is 29.0 Å². The van der Waals surface area contributed by atoms with Crippen LogP contribution in [-0.4, -0.2) is 24.1 Å². The van der Waals surface area contributed by atoms with Gasteiger partial charge >= 0.3 is 6.09 Å². The zero-order valence-electron chi connectivity index (χ0n) is 16.1. The van der Waals surface area contributed by atoms with E-state index >= 15 is 0 Å². The molecule has 0 saturated heterocycles. The summed E-state index contributed by atoms with van der Waals surface area (Å²) in [5.41, 5.74) is 5.88. The standard InChI is InChI=1S/C25H22N2O2/c26-18-27(16-8-11-19-9-2-1-3-10-19)25(28)29-17-24-22-14-6-4-12-20(22)21-13-5-7-15-23(21)24/h1-7,9-10,12-15,24H,8,11,16-17H2. The van der Waals surface area contributed by atoms with Crippen LogP contribution >= 0.6 is 0 Å². The van der Waals surface area contributed by atoms with Gasteiger partial charge in [-0.3, -0.25) is 0 Å². The van der Waals surface area contributed by atoms with E-state index in [1.165, 1.54) is 16.7 Å². The van der Waals surface area contributed by atoms with Crippen LogP contribution in [0, 0.1) is 11.5 Å². The number of nitriles is 1. The number of rotatable bonds is 6. The van der Waals surface area contributed by atoms with E-state index in [1.54, 1.807) is 0 Å². The minimum absolute atomic E-state index is 0.00351. The van der Waals surface area contributed by atoms with Crippen molar-refractivity contribution in [3.63, 3.8) is 0 Å². The van der Waals surface area contributed by atoms with Crippen molar-refractivity contribution in [2.75, 3.05) is 13.2 Å². The number of carbonyl (C=O) groups excluding carboxylic acids is 1. The van der Waals surface area contributed by atoms with Crippen LogP contribution in [0.3, 0.4) is 0 Å². The first-order chi connectivity index (χ1) is 14.3. The van der Waals surface area contributed by atoms with Gasteiger partial charge in [0.15, 0.2) is 6.19 Å². The summed E-state index contributed by atoms with van der Waals surface area (Å²) in [5, 5.41) is 9.38. The number of ether oxygens (including phenoxy) is 1. The molecule has 0 fully saturated rings. The number of carbonyl (C=O) groups is 1. The summed E-state index contributed by atoms with van der Waals surface area (Å²) >= 11 is 0. The van der Waals surface area contributed by atoms with Gasteiger partial charge in [0.05, 0.1) is 0 Å². The summed E-state index contributed by atoms with van der Waals surface area (Å²) in [6, 6.07) is 26.5. The monoisotopic (exact) mass is 382 g/mol. The predicted molar refractivity (Wildman–Crippen MR) is 112 cm³/mol. The summed E-state index contributed by atoms with van der Waals surface area (Å²) in [4.78, 5) is 13.6. The second-order valence-electron chi connectivity index (χ2n) is 7.14. The molecular weight excluding hydrogens is 360 g/mol. The zero-order valence-corrected chi connectivity index (χ0v) is 16.1. The van der Waals surface area contributed by atoms with Crippen LogP contribution in [0.4, 0.5) is 4.79 Å². The Kier molecular flexibility index (Phi) is 5.58. The van der Waals surface area contributed by atoms with Gasteiger partial charge in [-0.1, -0.05) is 78.9 Å². The summed E-state index contributed by atoms with van der Waals surface area (Å²) in [6.45, 7) is 0.575. The lowest BCUT2D eigenvalue weighted by molar-refractivity contribution is 0.116. The molecule has 144 valence electrons. The van der Waals surface area contributed by atoms with Crippen molar-refractivity contribution >= 4 is 6.09 Å². The molecule has 0 radical (unpaired) electrons. The van der Waals surface area contributed by atoms with E-state index < -0.39 is 6.09 Å². The summed E-state index contributed by atoms with van der Waals surface area (Å²) in [7, 11) is 0. The fourth-order valence-corrected chi connectivity index (χ4v) is 3.94. The Morgan fingerprint density at radius 3 is 2.10 bits per heavy atom. The molecule has 3 aromatic carbocycles. The molecule has 29 heavy (non-hydrogen) atoms. The average Bonchev–Trinajstić information content (AvgIpc) is 3.10. The zero-order chi connectivity index (χ0) is 20.1. The maximum Gasteiger partial charge on any atom is 0.423 e. The number of nitrogens with zero attached hydrogens (tertiary/aromatic N) is 2. The van der Waals surface area contributed by atoms with Gasteiger partial charge < -0.3 is 4.74 Å². The minimum Gasteiger partial charge on any atom is -0.448 e. The fourth-order valence-electron chi connectivity index (χ4n) is 3.94. The summed E-state index contributed by atoms with van der Waals surface area (Å²) < 4.78 is 5.56. The van der Waals surface area contributed by atoms with Crippen LogP contribution in [0.2, 0.25) is 0 Å². The van der Waals surface area contributed by atoms with Crippen molar-refractivity contribution in [2.45, 2.75) is 18.8 Å². The number of fused-ring (bicyclic) bond motifs is 3. The lowest BCUT2D eigenvalue weighted by Crippen LogP contribution is -2.29. The second kappa shape index (κ2) is 8.62. The topological polar surface area (TPSA) is 53.3 Å². The summed E-state index contributed by atoms with van der Waals surface area (Å²) in [5.74, 6) is -0.00351. The summed E-state index contributed by atoms with van der Waals surface area (Å²) in [6.07, 6.45) is 2.90. The molecule has 0 unspecified atom stereocenters. The highest BCUT2D eigenvalue weighted by atomic mass is 16.6. The van der Waals surface area contributed by atoms with E-state index in [-0.39, 0.29) is 12.5 Å². The van der Waals surface area contributed by atoms with Crippen molar-refractivity contribution in [2.24, 2.45) is 0 Å². The highest BCUT2D eigenvalue weighted by molar-refractivity contribution is 5.79. The molecule has 0 aromatic heterocycles. The van der Waals surface area contributed by atoms with Crippen LogP contribution < -0.4 is 0 Å². The number of hydrogen-bond acceptors (Lipinski definition) is 3. The van der Waals surface area contributed by atoms with Gasteiger partial charge in [0, 0.05) is 12.5 Å². The molecule has 1 amide bonds. The van der Waals surface area contributed by atoms with Gasteiger partial charge in [0.2, 0.25) is 0 Å². The third-order valence-electron chi connectivity index (χ3n) is 5.37. The lowest BCUT2D eigenvalue weighted by atomic mass is 9.98.